The van der Waals surface area contributed by atoms with Crippen molar-refractivity contribution in [2.45, 2.75) is 20.3 Å². The van der Waals surface area contributed by atoms with Crippen LogP contribution >= 0.6 is 0 Å². The summed E-state index contributed by atoms with van der Waals surface area (Å²) in [7, 11) is 0. The minimum Gasteiger partial charge on any atom is -0.507 e. The first-order valence-electron chi connectivity index (χ1n) is 5.58. The molecule has 0 aromatic heterocycles. The van der Waals surface area contributed by atoms with E-state index < -0.39 is 0 Å². The van der Waals surface area contributed by atoms with E-state index >= 15 is 0 Å². The van der Waals surface area contributed by atoms with Crippen molar-refractivity contribution in [2.24, 2.45) is 0 Å². The van der Waals surface area contributed by atoms with Crippen LogP contribution in [0, 0.1) is 6.92 Å². The molecule has 0 aliphatic rings. The predicted octanol–water partition coefficient (Wildman–Crippen LogP) is 3.64. The van der Waals surface area contributed by atoms with Crippen molar-refractivity contribution in [3.05, 3.63) is 35.9 Å². The van der Waals surface area contributed by atoms with E-state index in [9.17, 15) is 5.11 Å². The first kappa shape index (κ1) is 10.8. The van der Waals surface area contributed by atoms with E-state index in [0.717, 1.165) is 28.5 Å². The second-order valence-electron chi connectivity index (χ2n) is 3.93. The smallest absolute Gasteiger partial charge is 0.127 e. The molecular formula is C14H16O2. The van der Waals surface area contributed by atoms with Crippen LogP contribution in [-0.2, 0) is 0 Å². The van der Waals surface area contributed by atoms with Crippen LogP contribution in [0.25, 0.3) is 10.8 Å². The summed E-state index contributed by atoms with van der Waals surface area (Å²) in [5.74, 6) is 1.20. The van der Waals surface area contributed by atoms with Crippen molar-refractivity contribution in [3.63, 3.8) is 0 Å². The molecule has 0 heterocycles. The maximum absolute atomic E-state index is 9.95. The van der Waals surface area contributed by atoms with E-state index in [0.29, 0.717) is 12.4 Å². The lowest BCUT2D eigenvalue weighted by atomic mass is 10.1. The summed E-state index contributed by atoms with van der Waals surface area (Å²) < 4.78 is 5.69. The fraction of sp³-hybridized carbons (Fsp3) is 0.286. The van der Waals surface area contributed by atoms with Gasteiger partial charge in [0.05, 0.1) is 6.61 Å². The Kier molecular flexibility index (Phi) is 3.00. The zero-order valence-electron chi connectivity index (χ0n) is 9.66. The Hall–Kier alpha value is -1.70. The van der Waals surface area contributed by atoms with Gasteiger partial charge in [-0.15, -0.1) is 0 Å². The second-order valence-corrected chi connectivity index (χ2v) is 3.93. The first-order valence-corrected chi connectivity index (χ1v) is 5.58. The van der Waals surface area contributed by atoms with Crippen molar-refractivity contribution in [2.75, 3.05) is 6.61 Å². The Morgan fingerprint density at radius 1 is 1.19 bits per heavy atom. The van der Waals surface area contributed by atoms with E-state index in [-0.39, 0.29) is 0 Å². The average Bonchev–Trinajstić information content (AvgIpc) is 2.32. The number of aromatic hydroxyl groups is 1. The summed E-state index contributed by atoms with van der Waals surface area (Å²) >= 11 is 0. The van der Waals surface area contributed by atoms with Crippen LogP contribution in [0.3, 0.4) is 0 Å². The second kappa shape index (κ2) is 4.44. The van der Waals surface area contributed by atoms with E-state index in [4.69, 9.17) is 4.74 Å². The van der Waals surface area contributed by atoms with Crippen LogP contribution in [0.5, 0.6) is 11.5 Å². The van der Waals surface area contributed by atoms with Gasteiger partial charge in [0, 0.05) is 10.8 Å². The quantitative estimate of drug-likeness (QED) is 0.848. The summed E-state index contributed by atoms with van der Waals surface area (Å²) in [5.41, 5.74) is 0.852. The first-order chi connectivity index (χ1) is 7.74. The third-order valence-corrected chi connectivity index (χ3v) is 2.63. The molecule has 0 unspecified atom stereocenters. The fourth-order valence-electron chi connectivity index (χ4n) is 1.79. The highest BCUT2D eigenvalue weighted by molar-refractivity contribution is 5.94. The Labute approximate surface area is 95.5 Å². The standard InChI is InChI=1S/C14H16O2/c1-3-8-16-13-9-10(2)14(15)12-7-5-4-6-11(12)13/h4-7,9,15H,3,8H2,1-2H3. The molecule has 2 aromatic rings. The minimum atomic E-state index is 0.347. The number of benzene rings is 2. The zero-order valence-corrected chi connectivity index (χ0v) is 9.66. The molecule has 16 heavy (non-hydrogen) atoms. The molecule has 1 N–H and O–H groups in total. The number of hydrogen-bond donors (Lipinski definition) is 1. The number of phenols is 1. The lowest BCUT2D eigenvalue weighted by molar-refractivity contribution is 0.320. The molecule has 0 spiro atoms. The van der Waals surface area contributed by atoms with Gasteiger partial charge in [0.2, 0.25) is 0 Å². The van der Waals surface area contributed by atoms with Gasteiger partial charge in [0.15, 0.2) is 0 Å². The fourth-order valence-corrected chi connectivity index (χ4v) is 1.79. The molecule has 84 valence electrons. The number of aryl methyl sites for hydroxylation is 1. The van der Waals surface area contributed by atoms with E-state index in [1.165, 1.54) is 0 Å². The highest BCUT2D eigenvalue weighted by Crippen LogP contribution is 2.35. The molecule has 0 atom stereocenters. The third-order valence-electron chi connectivity index (χ3n) is 2.63. The molecule has 0 saturated heterocycles. The lowest BCUT2D eigenvalue weighted by Gasteiger charge is -2.11. The third kappa shape index (κ3) is 1.83. The van der Waals surface area contributed by atoms with E-state index in [2.05, 4.69) is 6.92 Å². The van der Waals surface area contributed by atoms with Gasteiger partial charge >= 0.3 is 0 Å². The Balaban J connectivity index is 2.60. The monoisotopic (exact) mass is 216 g/mol. The molecule has 2 nitrogen and oxygen atoms in total. The summed E-state index contributed by atoms with van der Waals surface area (Å²) in [6.07, 6.45) is 0.980. The topological polar surface area (TPSA) is 29.5 Å². The zero-order chi connectivity index (χ0) is 11.5. The van der Waals surface area contributed by atoms with Gasteiger partial charge in [0.25, 0.3) is 0 Å². The summed E-state index contributed by atoms with van der Waals surface area (Å²) in [5, 5.41) is 11.8. The molecule has 2 heteroatoms. The molecule has 0 aliphatic carbocycles. The largest absolute Gasteiger partial charge is 0.507 e. The number of fused-ring (bicyclic) bond motifs is 1. The summed E-state index contributed by atoms with van der Waals surface area (Å²) in [6.45, 7) is 4.67. The molecule has 0 fully saturated rings. The van der Waals surface area contributed by atoms with Crippen molar-refractivity contribution >= 4 is 10.8 Å². The molecule has 0 saturated carbocycles. The normalized spacial score (nSPS) is 10.6. The summed E-state index contributed by atoms with van der Waals surface area (Å²) in [6, 6.07) is 9.66. The molecule has 0 aliphatic heterocycles. The molecule has 2 aromatic carbocycles. The van der Waals surface area contributed by atoms with Gasteiger partial charge in [-0.05, 0) is 25.0 Å². The molecule has 0 bridgehead atoms. The number of hydrogen-bond acceptors (Lipinski definition) is 2. The van der Waals surface area contributed by atoms with Crippen LogP contribution in [0.1, 0.15) is 18.9 Å². The van der Waals surface area contributed by atoms with Crippen LogP contribution in [0.2, 0.25) is 0 Å². The number of ether oxygens (including phenoxy) is 1. The Bertz CT molecular complexity index is 503. The number of phenolic OH excluding ortho intramolecular Hbond substituents is 1. The van der Waals surface area contributed by atoms with Crippen LogP contribution in [0.4, 0.5) is 0 Å². The molecule has 0 radical (unpaired) electrons. The van der Waals surface area contributed by atoms with Crippen molar-refractivity contribution in [1.29, 1.82) is 0 Å². The molecule has 2 rings (SSSR count). The Morgan fingerprint density at radius 3 is 2.56 bits per heavy atom. The van der Waals surface area contributed by atoms with Gasteiger partial charge in [-0.2, -0.15) is 0 Å². The minimum absolute atomic E-state index is 0.347. The van der Waals surface area contributed by atoms with Crippen LogP contribution in [0.15, 0.2) is 30.3 Å². The van der Waals surface area contributed by atoms with Gasteiger partial charge in [-0.3, -0.25) is 0 Å². The van der Waals surface area contributed by atoms with Crippen molar-refractivity contribution < 1.29 is 9.84 Å². The van der Waals surface area contributed by atoms with Gasteiger partial charge < -0.3 is 9.84 Å². The van der Waals surface area contributed by atoms with Crippen molar-refractivity contribution in [1.82, 2.24) is 0 Å². The lowest BCUT2D eigenvalue weighted by Crippen LogP contribution is -1.96. The van der Waals surface area contributed by atoms with Crippen LogP contribution in [-0.4, -0.2) is 11.7 Å². The molecule has 0 amide bonds. The van der Waals surface area contributed by atoms with Crippen molar-refractivity contribution in [3.8, 4) is 11.5 Å². The van der Waals surface area contributed by atoms with Gasteiger partial charge in [0.1, 0.15) is 11.5 Å². The summed E-state index contributed by atoms with van der Waals surface area (Å²) in [4.78, 5) is 0. The highest BCUT2D eigenvalue weighted by Gasteiger charge is 2.08. The van der Waals surface area contributed by atoms with Crippen LogP contribution < -0.4 is 4.74 Å². The van der Waals surface area contributed by atoms with E-state index in [1.807, 2.05) is 37.3 Å². The van der Waals surface area contributed by atoms with E-state index in [1.54, 1.807) is 0 Å². The maximum atomic E-state index is 9.95. The maximum Gasteiger partial charge on any atom is 0.127 e. The Morgan fingerprint density at radius 2 is 1.88 bits per heavy atom. The predicted molar refractivity (Wildman–Crippen MR) is 66.1 cm³/mol. The average molecular weight is 216 g/mol. The van der Waals surface area contributed by atoms with Gasteiger partial charge in [-0.25, -0.2) is 0 Å². The van der Waals surface area contributed by atoms with Gasteiger partial charge in [-0.1, -0.05) is 31.2 Å². The highest BCUT2D eigenvalue weighted by atomic mass is 16.5. The number of rotatable bonds is 3. The molecular weight excluding hydrogens is 200 g/mol. The SMILES string of the molecule is CCCOc1cc(C)c(O)c2ccccc12.